The van der Waals surface area contributed by atoms with E-state index in [4.69, 9.17) is 14.2 Å². The van der Waals surface area contributed by atoms with Crippen LogP contribution in [0, 0.1) is 0 Å². The van der Waals surface area contributed by atoms with Gasteiger partial charge in [-0.15, -0.1) is 0 Å². The normalized spacial score (nSPS) is 12.8. The Bertz CT molecular complexity index is 941. The summed E-state index contributed by atoms with van der Waals surface area (Å²) in [4.78, 5) is 0. The van der Waals surface area contributed by atoms with Crippen molar-refractivity contribution in [2.75, 3.05) is 21.3 Å². The van der Waals surface area contributed by atoms with E-state index in [9.17, 15) is 5.11 Å². The molecule has 2 atom stereocenters. The first-order valence-electron chi connectivity index (χ1n) is 11.2. The average Bonchev–Trinajstić information content (AvgIpc) is 2.84. The summed E-state index contributed by atoms with van der Waals surface area (Å²) in [6, 6.07) is 22.7. The van der Waals surface area contributed by atoms with Crippen LogP contribution in [0.2, 0.25) is 0 Å². The van der Waals surface area contributed by atoms with Gasteiger partial charge >= 0.3 is 0 Å². The van der Waals surface area contributed by atoms with Crippen LogP contribution in [0.5, 0.6) is 17.2 Å². The van der Waals surface area contributed by atoms with Gasteiger partial charge in [-0.3, -0.25) is 0 Å². The summed E-state index contributed by atoms with van der Waals surface area (Å²) in [6.07, 6.45) is 3.10. The van der Waals surface area contributed by atoms with Gasteiger partial charge in [-0.25, -0.2) is 0 Å². The number of ether oxygens (including phenoxy) is 3. The predicted molar refractivity (Wildman–Crippen MR) is 129 cm³/mol. The molecule has 0 saturated heterocycles. The average molecular weight is 435 g/mol. The van der Waals surface area contributed by atoms with E-state index in [0.29, 0.717) is 23.7 Å². The third kappa shape index (κ3) is 5.63. The summed E-state index contributed by atoms with van der Waals surface area (Å²) in [5, 5.41) is 10.8. The van der Waals surface area contributed by atoms with Gasteiger partial charge in [0.1, 0.15) is 0 Å². The number of benzene rings is 3. The third-order valence-corrected chi connectivity index (χ3v) is 5.92. The molecule has 0 radical (unpaired) electrons. The number of rotatable bonds is 11. The van der Waals surface area contributed by atoms with Crippen molar-refractivity contribution in [1.82, 2.24) is 0 Å². The molecule has 0 spiro atoms. The van der Waals surface area contributed by atoms with Crippen molar-refractivity contribution in [2.45, 2.75) is 44.6 Å². The quantitative estimate of drug-likeness (QED) is 0.384. The largest absolute Gasteiger partial charge is 0.493 e. The Labute approximate surface area is 191 Å². The molecule has 0 aliphatic heterocycles. The summed E-state index contributed by atoms with van der Waals surface area (Å²) in [5.74, 6) is 1.94. The fourth-order valence-corrected chi connectivity index (χ4v) is 4.20. The molecule has 0 aliphatic rings. The number of hydrogen-bond donors (Lipinski definition) is 1. The first-order valence-corrected chi connectivity index (χ1v) is 11.2. The molecule has 3 aromatic carbocycles. The Morgan fingerprint density at radius 2 is 1.34 bits per heavy atom. The summed E-state index contributed by atoms with van der Waals surface area (Å²) < 4.78 is 16.7. The summed E-state index contributed by atoms with van der Waals surface area (Å²) >= 11 is 0. The zero-order chi connectivity index (χ0) is 22.9. The number of hydrogen-bond acceptors (Lipinski definition) is 4. The van der Waals surface area contributed by atoms with Crippen LogP contribution in [-0.2, 0) is 6.42 Å². The Morgan fingerprint density at radius 1 is 0.719 bits per heavy atom. The van der Waals surface area contributed by atoms with E-state index < -0.39 is 6.10 Å². The van der Waals surface area contributed by atoms with Gasteiger partial charge < -0.3 is 19.3 Å². The van der Waals surface area contributed by atoms with Crippen LogP contribution in [0.1, 0.15) is 60.5 Å². The van der Waals surface area contributed by atoms with E-state index in [-0.39, 0.29) is 5.92 Å². The van der Waals surface area contributed by atoms with Gasteiger partial charge in [0.15, 0.2) is 11.5 Å². The minimum absolute atomic E-state index is 0.0812. The fraction of sp³-hybridized carbons (Fsp3) is 0.357. The lowest BCUT2D eigenvalue weighted by molar-refractivity contribution is 0.163. The molecule has 4 nitrogen and oxygen atoms in total. The first-order chi connectivity index (χ1) is 15.6. The SMILES string of the molecule is CCCc1ccc(C(CCC(O)c2ccccc2)c2cc(OC)c(OC)c(OC)c2)cc1. The van der Waals surface area contributed by atoms with Gasteiger partial charge in [-0.2, -0.15) is 0 Å². The molecule has 0 bridgehead atoms. The highest BCUT2D eigenvalue weighted by atomic mass is 16.5. The minimum Gasteiger partial charge on any atom is -0.493 e. The molecule has 2 unspecified atom stereocenters. The van der Waals surface area contributed by atoms with Gasteiger partial charge in [0, 0.05) is 5.92 Å². The molecule has 3 rings (SSSR count). The molecule has 0 saturated carbocycles. The van der Waals surface area contributed by atoms with Crippen LogP contribution in [0.4, 0.5) is 0 Å². The van der Waals surface area contributed by atoms with Crippen molar-refractivity contribution in [2.24, 2.45) is 0 Å². The monoisotopic (exact) mass is 434 g/mol. The number of methoxy groups -OCH3 is 3. The number of aliphatic hydroxyl groups is 1. The third-order valence-electron chi connectivity index (χ3n) is 5.92. The van der Waals surface area contributed by atoms with Gasteiger partial charge in [0.05, 0.1) is 27.4 Å². The summed E-state index contributed by atoms with van der Waals surface area (Å²) in [5.41, 5.74) is 4.56. The Kier molecular flexibility index (Phi) is 8.57. The van der Waals surface area contributed by atoms with Crippen LogP contribution in [0.15, 0.2) is 66.7 Å². The maximum absolute atomic E-state index is 10.8. The van der Waals surface area contributed by atoms with Gasteiger partial charge in [0.2, 0.25) is 5.75 Å². The zero-order valence-corrected chi connectivity index (χ0v) is 19.5. The van der Waals surface area contributed by atoms with Crippen molar-refractivity contribution >= 4 is 0 Å². The topological polar surface area (TPSA) is 47.9 Å². The fourth-order valence-electron chi connectivity index (χ4n) is 4.20. The standard InChI is InChI=1S/C28H34O4/c1-5-9-20-12-14-21(15-13-20)24(16-17-25(29)22-10-7-6-8-11-22)23-18-26(30-2)28(32-4)27(19-23)31-3/h6-8,10-15,18-19,24-25,29H,5,9,16-17H2,1-4H3. The lowest BCUT2D eigenvalue weighted by Gasteiger charge is -2.23. The van der Waals surface area contributed by atoms with Crippen molar-refractivity contribution in [3.63, 3.8) is 0 Å². The smallest absolute Gasteiger partial charge is 0.203 e. The van der Waals surface area contributed by atoms with Crippen LogP contribution in [-0.4, -0.2) is 26.4 Å². The van der Waals surface area contributed by atoms with E-state index in [0.717, 1.165) is 30.4 Å². The van der Waals surface area contributed by atoms with E-state index in [2.05, 4.69) is 31.2 Å². The molecule has 170 valence electrons. The number of aryl methyl sites for hydroxylation is 1. The van der Waals surface area contributed by atoms with Crippen molar-refractivity contribution in [3.05, 3.63) is 89.0 Å². The molecule has 0 aromatic heterocycles. The van der Waals surface area contributed by atoms with Crippen LogP contribution in [0.3, 0.4) is 0 Å². The lowest BCUT2D eigenvalue weighted by Crippen LogP contribution is -2.07. The summed E-state index contributed by atoms with van der Waals surface area (Å²) in [6.45, 7) is 2.19. The zero-order valence-electron chi connectivity index (χ0n) is 19.5. The Balaban J connectivity index is 1.96. The molecular formula is C28H34O4. The minimum atomic E-state index is -0.514. The van der Waals surface area contributed by atoms with Crippen LogP contribution in [0.25, 0.3) is 0 Å². The molecule has 4 heteroatoms. The Hall–Kier alpha value is -2.98. The highest BCUT2D eigenvalue weighted by Gasteiger charge is 2.22. The van der Waals surface area contributed by atoms with E-state index in [1.54, 1.807) is 21.3 Å². The second-order valence-electron chi connectivity index (χ2n) is 8.01. The second-order valence-corrected chi connectivity index (χ2v) is 8.01. The highest BCUT2D eigenvalue weighted by Crippen LogP contribution is 2.43. The van der Waals surface area contributed by atoms with Gasteiger partial charge in [-0.1, -0.05) is 67.9 Å². The highest BCUT2D eigenvalue weighted by molar-refractivity contribution is 5.55. The van der Waals surface area contributed by atoms with E-state index >= 15 is 0 Å². The second kappa shape index (κ2) is 11.6. The van der Waals surface area contributed by atoms with E-state index in [1.165, 1.54) is 11.1 Å². The first kappa shape index (κ1) is 23.7. The molecule has 1 N–H and O–H groups in total. The predicted octanol–water partition coefficient (Wildman–Crippen LogP) is 6.31. The van der Waals surface area contributed by atoms with Crippen LogP contribution < -0.4 is 14.2 Å². The van der Waals surface area contributed by atoms with Crippen molar-refractivity contribution < 1.29 is 19.3 Å². The van der Waals surface area contributed by atoms with Crippen LogP contribution >= 0.6 is 0 Å². The molecule has 32 heavy (non-hydrogen) atoms. The van der Waals surface area contributed by atoms with E-state index in [1.807, 2.05) is 42.5 Å². The molecule has 3 aromatic rings. The number of aliphatic hydroxyl groups excluding tert-OH is 1. The van der Waals surface area contributed by atoms with Gasteiger partial charge in [0.25, 0.3) is 0 Å². The lowest BCUT2D eigenvalue weighted by atomic mass is 9.85. The summed E-state index contributed by atoms with van der Waals surface area (Å²) in [7, 11) is 4.88. The molecule has 0 heterocycles. The van der Waals surface area contributed by atoms with Crippen molar-refractivity contribution in [1.29, 1.82) is 0 Å². The maximum atomic E-state index is 10.8. The molecule has 0 aliphatic carbocycles. The van der Waals surface area contributed by atoms with Crippen molar-refractivity contribution in [3.8, 4) is 17.2 Å². The van der Waals surface area contributed by atoms with Gasteiger partial charge in [-0.05, 0) is 53.6 Å². The Morgan fingerprint density at radius 3 is 1.88 bits per heavy atom. The molecular weight excluding hydrogens is 400 g/mol. The maximum Gasteiger partial charge on any atom is 0.203 e. The molecule has 0 fully saturated rings. The molecule has 0 amide bonds.